The molecule has 0 amide bonds. The van der Waals surface area contributed by atoms with E-state index in [1.165, 1.54) is 12.8 Å². The van der Waals surface area contributed by atoms with E-state index in [0.29, 0.717) is 18.1 Å². The molecule has 0 heterocycles. The zero-order chi connectivity index (χ0) is 23.4. The zero-order valence-electron chi connectivity index (χ0n) is 18.6. The summed E-state index contributed by atoms with van der Waals surface area (Å²) in [6, 6.07) is 17.6. The highest BCUT2D eigenvalue weighted by Crippen LogP contribution is 2.46. The van der Waals surface area contributed by atoms with Crippen molar-refractivity contribution >= 4 is 8.60 Å². The van der Waals surface area contributed by atoms with Crippen LogP contribution in [-0.4, -0.2) is 26.1 Å². The van der Waals surface area contributed by atoms with Crippen molar-refractivity contribution in [2.45, 2.75) is 63.1 Å². The van der Waals surface area contributed by atoms with Crippen molar-refractivity contribution < 1.29 is 24.5 Å². The molecule has 33 heavy (non-hydrogen) atoms. The fraction of sp³-hybridized carbons (Fsp3) is 0.500. The maximum atomic E-state index is 10.8. The first kappa shape index (κ1) is 24.1. The highest BCUT2D eigenvalue weighted by Gasteiger charge is 2.43. The fourth-order valence-electron chi connectivity index (χ4n) is 5.72. The summed E-state index contributed by atoms with van der Waals surface area (Å²) in [4.78, 5) is 17.9. The van der Waals surface area contributed by atoms with E-state index in [1.54, 1.807) is 12.1 Å². The van der Waals surface area contributed by atoms with Crippen molar-refractivity contribution in [3.63, 3.8) is 0 Å². The Balaban J connectivity index is 1.45. The van der Waals surface area contributed by atoms with Gasteiger partial charge in [0.05, 0.1) is 24.2 Å². The topological polar surface area (TPSA) is 114 Å². The van der Waals surface area contributed by atoms with Crippen molar-refractivity contribution in [2.75, 3.05) is 0 Å². The summed E-state index contributed by atoms with van der Waals surface area (Å²) in [5, 5.41) is 31.2. The van der Waals surface area contributed by atoms with Gasteiger partial charge in [0.1, 0.15) is 5.75 Å². The van der Waals surface area contributed by atoms with E-state index >= 15 is 0 Å². The maximum absolute atomic E-state index is 10.8. The first-order chi connectivity index (χ1) is 16.0. The number of benzene rings is 2. The standard InChI is InChI=1S/C26H32NO5P/c27-16-21-15-24(28)25(18-8-10-20(11-9-18)26(29)19-3-1-2-4-19)23(21)14-7-17-5-12-22(13-6-17)32-33(30)31/h5-6,8-13,19,21,23-26,28-31H,1-4,7,14-15H2/t21-,23?,24+,25?,26?/m0/s1. The molecule has 0 saturated heterocycles. The van der Waals surface area contributed by atoms with Gasteiger partial charge in [0.25, 0.3) is 0 Å². The summed E-state index contributed by atoms with van der Waals surface area (Å²) < 4.78 is 4.91. The average Bonchev–Trinajstić information content (AvgIpc) is 3.46. The molecule has 2 aliphatic rings. The lowest BCUT2D eigenvalue weighted by molar-refractivity contribution is 0.111. The molecule has 7 heteroatoms. The van der Waals surface area contributed by atoms with Gasteiger partial charge >= 0.3 is 8.60 Å². The molecule has 0 aromatic heterocycles. The van der Waals surface area contributed by atoms with E-state index < -0.39 is 20.8 Å². The molecule has 2 aliphatic carbocycles. The molecule has 176 valence electrons. The van der Waals surface area contributed by atoms with Crippen LogP contribution in [0.15, 0.2) is 48.5 Å². The minimum atomic E-state index is -2.44. The van der Waals surface area contributed by atoms with Gasteiger partial charge in [-0.1, -0.05) is 49.2 Å². The van der Waals surface area contributed by atoms with Gasteiger partial charge in [-0.25, -0.2) is 0 Å². The minimum absolute atomic E-state index is 0.0363. The normalized spacial score (nSPS) is 26.4. The van der Waals surface area contributed by atoms with Crippen LogP contribution >= 0.6 is 8.60 Å². The van der Waals surface area contributed by atoms with Gasteiger partial charge < -0.3 is 24.5 Å². The van der Waals surface area contributed by atoms with Crippen LogP contribution in [0.5, 0.6) is 5.75 Å². The second-order valence-electron chi connectivity index (χ2n) is 9.41. The van der Waals surface area contributed by atoms with Gasteiger partial charge in [0.2, 0.25) is 0 Å². The minimum Gasteiger partial charge on any atom is -0.427 e. The molecule has 0 spiro atoms. The molecule has 3 unspecified atom stereocenters. The lowest BCUT2D eigenvalue weighted by Gasteiger charge is -2.25. The quantitative estimate of drug-likeness (QED) is 0.416. The SMILES string of the molecule is N#C[C@@H]1C[C@@H](O)C(c2ccc(C(O)C3CCCC3)cc2)C1CCc1ccc(OP(O)O)cc1. The summed E-state index contributed by atoms with van der Waals surface area (Å²) in [6.45, 7) is 0. The van der Waals surface area contributed by atoms with Crippen LogP contribution in [0.3, 0.4) is 0 Å². The largest absolute Gasteiger partial charge is 0.427 e. The molecule has 4 N–H and O–H groups in total. The van der Waals surface area contributed by atoms with Gasteiger partial charge in [0, 0.05) is 5.92 Å². The number of aliphatic hydroxyl groups excluding tert-OH is 2. The first-order valence-electron chi connectivity index (χ1n) is 11.8. The summed E-state index contributed by atoms with van der Waals surface area (Å²) >= 11 is 0. The Morgan fingerprint density at radius 1 is 1.03 bits per heavy atom. The number of hydrogen-bond donors (Lipinski definition) is 4. The predicted octanol–water partition coefficient (Wildman–Crippen LogP) is 4.74. The monoisotopic (exact) mass is 469 g/mol. The van der Waals surface area contributed by atoms with Crippen molar-refractivity contribution in [1.29, 1.82) is 5.26 Å². The molecular formula is C26H32NO5P. The lowest BCUT2D eigenvalue weighted by atomic mass is 9.80. The molecule has 2 saturated carbocycles. The van der Waals surface area contributed by atoms with E-state index in [1.807, 2.05) is 36.4 Å². The average molecular weight is 470 g/mol. The lowest BCUT2D eigenvalue weighted by Crippen LogP contribution is -2.19. The third-order valence-corrected chi connectivity index (χ3v) is 7.81. The molecule has 2 fully saturated rings. The van der Waals surface area contributed by atoms with E-state index in [4.69, 9.17) is 14.3 Å². The summed E-state index contributed by atoms with van der Waals surface area (Å²) in [7, 11) is -2.44. The summed E-state index contributed by atoms with van der Waals surface area (Å²) in [5.74, 6) is 0.459. The van der Waals surface area contributed by atoms with Gasteiger partial charge in [0.15, 0.2) is 0 Å². The molecule has 2 aromatic rings. The van der Waals surface area contributed by atoms with Gasteiger partial charge in [-0.15, -0.1) is 0 Å². The number of hydrogen-bond acceptors (Lipinski definition) is 6. The highest BCUT2D eigenvalue weighted by molar-refractivity contribution is 7.39. The second-order valence-corrected chi connectivity index (χ2v) is 10.1. The Morgan fingerprint density at radius 3 is 2.30 bits per heavy atom. The van der Waals surface area contributed by atoms with Gasteiger partial charge in [-0.2, -0.15) is 5.26 Å². The number of rotatable bonds is 8. The Hall–Kier alpha value is -2.00. The Labute approximate surface area is 196 Å². The molecule has 0 radical (unpaired) electrons. The third-order valence-electron chi connectivity index (χ3n) is 7.44. The van der Waals surface area contributed by atoms with Crippen LogP contribution in [0.25, 0.3) is 0 Å². The number of aryl methyl sites for hydroxylation is 1. The zero-order valence-corrected chi connectivity index (χ0v) is 19.5. The Morgan fingerprint density at radius 2 is 1.70 bits per heavy atom. The predicted molar refractivity (Wildman–Crippen MR) is 126 cm³/mol. The number of aliphatic hydroxyl groups is 2. The number of nitriles is 1. The fourth-order valence-corrected chi connectivity index (χ4v) is 6.03. The smallest absolute Gasteiger partial charge is 0.391 e. The van der Waals surface area contributed by atoms with E-state index in [-0.39, 0.29) is 17.8 Å². The molecular weight excluding hydrogens is 437 g/mol. The molecule has 0 bridgehead atoms. The molecule has 5 atom stereocenters. The van der Waals surface area contributed by atoms with Crippen LogP contribution in [0.4, 0.5) is 0 Å². The van der Waals surface area contributed by atoms with Crippen LogP contribution in [0.1, 0.15) is 67.2 Å². The Kier molecular flexibility index (Phi) is 8.01. The van der Waals surface area contributed by atoms with Crippen LogP contribution in [-0.2, 0) is 6.42 Å². The third kappa shape index (κ3) is 5.74. The Bertz CT molecular complexity index is 937. The first-order valence-corrected chi connectivity index (χ1v) is 12.9. The second kappa shape index (κ2) is 11.0. The van der Waals surface area contributed by atoms with Crippen LogP contribution < -0.4 is 4.52 Å². The molecule has 6 nitrogen and oxygen atoms in total. The van der Waals surface area contributed by atoms with Crippen molar-refractivity contribution in [1.82, 2.24) is 0 Å². The van der Waals surface area contributed by atoms with Gasteiger partial charge in [-0.3, -0.25) is 0 Å². The van der Waals surface area contributed by atoms with Crippen molar-refractivity contribution in [3.8, 4) is 11.8 Å². The van der Waals surface area contributed by atoms with E-state index in [9.17, 15) is 15.5 Å². The summed E-state index contributed by atoms with van der Waals surface area (Å²) in [5.41, 5.74) is 3.02. The van der Waals surface area contributed by atoms with Crippen molar-refractivity contribution in [2.24, 2.45) is 17.8 Å². The highest BCUT2D eigenvalue weighted by atomic mass is 31.2. The molecule has 0 aliphatic heterocycles. The van der Waals surface area contributed by atoms with Crippen molar-refractivity contribution in [3.05, 3.63) is 65.2 Å². The van der Waals surface area contributed by atoms with Crippen LogP contribution in [0.2, 0.25) is 0 Å². The van der Waals surface area contributed by atoms with Crippen LogP contribution in [0, 0.1) is 29.1 Å². The van der Waals surface area contributed by atoms with E-state index in [0.717, 1.165) is 42.4 Å². The van der Waals surface area contributed by atoms with E-state index in [2.05, 4.69) is 6.07 Å². The maximum Gasteiger partial charge on any atom is 0.391 e. The molecule has 2 aromatic carbocycles. The molecule has 4 rings (SSSR count). The van der Waals surface area contributed by atoms with Gasteiger partial charge in [-0.05, 0) is 72.8 Å². The number of nitrogens with zero attached hydrogens (tertiary/aromatic N) is 1. The summed E-state index contributed by atoms with van der Waals surface area (Å²) in [6.07, 6.45) is 5.51.